The Morgan fingerprint density at radius 1 is 1.31 bits per heavy atom. The molecule has 1 N–H and O–H groups in total. The van der Waals surface area contributed by atoms with Gasteiger partial charge in [0.2, 0.25) is 0 Å². The summed E-state index contributed by atoms with van der Waals surface area (Å²) in [6, 6.07) is 4.52. The van der Waals surface area contributed by atoms with E-state index in [1.807, 2.05) is 11.3 Å². The van der Waals surface area contributed by atoms with Gasteiger partial charge < -0.3 is 4.98 Å². The van der Waals surface area contributed by atoms with Gasteiger partial charge in [0.15, 0.2) is 0 Å². The maximum Gasteiger partial charge on any atom is 0.0590 e. The molecular weight excluding hydrogens is 178 g/mol. The monoisotopic (exact) mass is 189 g/mol. The summed E-state index contributed by atoms with van der Waals surface area (Å²) in [7, 11) is 0. The van der Waals surface area contributed by atoms with Crippen molar-refractivity contribution in [3.8, 4) is 10.6 Å². The zero-order valence-electron chi connectivity index (χ0n) is 7.55. The average molecular weight is 189 g/mol. The summed E-state index contributed by atoms with van der Waals surface area (Å²) in [5.41, 5.74) is 4.37. The molecule has 2 heterocycles. The van der Waals surface area contributed by atoms with Gasteiger partial charge in [0.05, 0.1) is 10.6 Å². The molecule has 0 saturated carbocycles. The molecule has 0 spiro atoms. The van der Waals surface area contributed by atoms with E-state index in [0.717, 1.165) is 0 Å². The van der Waals surface area contributed by atoms with Crippen molar-refractivity contribution in [1.29, 1.82) is 0 Å². The number of nitrogens with one attached hydrogen (secondary N) is 1. The summed E-state index contributed by atoms with van der Waals surface area (Å²) in [5, 5.41) is 0. The number of aryl methyl sites for hydroxylation is 3. The van der Waals surface area contributed by atoms with Crippen molar-refractivity contribution in [1.82, 2.24) is 4.98 Å². The summed E-state index contributed by atoms with van der Waals surface area (Å²) in [6.45, 7) is 2.19. The summed E-state index contributed by atoms with van der Waals surface area (Å²) in [4.78, 5) is 6.22. The van der Waals surface area contributed by atoms with Crippen molar-refractivity contribution in [3.63, 3.8) is 0 Å². The third-order valence-electron chi connectivity index (χ3n) is 2.66. The van der Waals surface area contributed by atoms with Gasteiger partial charge in [0, 0.05) is 11.1 Å². The number of thiophene rings is 1. The van der Waals surface area contributed by atoms with E-state index < -0.39 is 0 Å². The van der Waals surface area contributed by atoms with Crippen LogP contribution in [0.1, 0.15) is 16.0 Å². The van der Waals surface area contributed by atoms with Gasteiger partial charge in [-0.1, -0.05) is 0 Å². The lowest BCUT2D eigenvalue weighted by molar-refractivity contribution is 0.950. The first kappa shape index (κ1) is 7.39. The zero-order chi connectivity index (χ0) is 8.84. The van der Waals surface area contributed by atoms with E-state index >= 15 is 0 Å². The van der Waals surface area contributed by atoms with Crippen molar-refractivity contribution < 1.29 is 0 Å². The van der Waals surface area contributed by atoms with E-state index in [2.05, 4.69) is 30.2 Å². The van der Waals surface area contributed by atoms with Crippen molar-refractivity contribution in [3.05, 3.63) is 34.3 Å². The smallest absolute Gasteiger partial charge is 0.0590 e. The SMILES string of the molecule is Cc1cc2c(s1)-c1[nH]ccc1CC2. The maximum absolute atomic E-state index is 3.34. The first-order valence-electron chi connectivity index (χ1n) is 4.60. The molecule has 0 radical (unpaired) electrons. The molecule has 2 aromatic heterocycles. The average Bonchev–Trinajstić information content (AvgIpc) is 2.65. The number of hydrogen-bond acceptors (Lipinski definition) is 1. The minimum atomic E-state index is 1.20. The molecule has 66 valence electrons. The normalized spacial score (nSPS) is 13.9. The number of rotatable bonds is 0. The lowest BCUT2D eigenvalue weighted by Gasteiger charge is -2.10. The predicted octanol–water partition coefficient (Wildman–Crippen LogP) is 3.15. The first-order valence-corrected chi connectivity index (χ1v) is 5.42. The molecule has 0 atom stereocenters. The van der Waals surface area contributed by atoms with Crippen LogP contribution in [0.3, 0.4) is 0 Å². The van der Waals surface area contributed by atoms with Crippen molar-refractivity contribution >= 4 is 11.3 Å². The van der Waals surface area contributed by atoms with Crippen LogP contribution in [0.15, 0.2) is 18.3 Å². The van der Waals surface area contributed by atoms with Gasteiger partial charge in [-0.2, -0.15) is 0 Å². The van der Waals surface area contributed by atoms with Crippen LogP contribution < -0.4 is 0 Å². The minimum Gasteiger partial charge on any atom is -0.360 e. The molecule has 0 aliphatic heterocycles. The summed E-state index contributed by atoms with van der Waals surface area (Å²) < 4.78 is 0. The number of fused-ring (bicyclic) bond motifs is 3. The highest BCUT2D eigenvalue weighted by atomic mass is 32.1. The van der Waals surface area contributed by atoms with E-state index in [9.17, 15) is 0 Å². The quantitative estimate of drug-likeness (QED) is 0.655. The molecule has 0 saturated heterocycles. The van der Waals surface area contributed by atoms with Gasteiger partial charge in [-0.05, 0) is 43.0 Å². The molecule has 1 aliphatic rings. The summed E-state index contributed by atoms with van der Waals surface area (Å²) in [5.74, 6) is 0. The molecule has 1 aliphatic carbocycles. The van der Waals surface area contributed by atoms with Crippen LogP contribution >= 0.6 is 11.3 Å². The standard InChI is InChI=1S/C11H11NS/c1-7-6-9-3-2-8-4-5-12-10(8)11(9)13-7/h4-6,12H,2-3H2,1H3. The highest BCUT2D eigenvalue weighted by Crippen LogP contribution is 2.38. The van der Waals surface area contributed by atoms with Gasteiger partial charge in [0.1, 0.15) is 0 Å². The molecule has 3 rings (SSSR count). The maximum atomic E-state index is 3.34. The molecule has 0 aromatic carbocycles. The second-order valence-corrected chi connectivity index (χ2v) is 4.85. The number of aromatic amines is 1. The fraction of sp³-hybridized carbons (Fsp3) is 0.273. The fourth-order valence-electron chi connectivity index (χ4n) is 2.05. The van der Waals surface area contributed by atoms with E-state index in [1.54, 1.807) is 0 Å². The first-order chi connectivity index (χ1) is 6.34. The second-order valence-electron chi connectivity index (χ2n) is 3.59. The molecule has 2 aromatic rings. The molecule has 0 unspecified atom stereocenters. The van der Waals surface area contributed by atoms with Crippen LogP contribution in [0.5, 0.6) is 0 Å². The highest BCUT2D eigenvalue weighted by Gasteiger charge is 2.18. The molecule has 0 amide bonds. The van der Waals surface area contributed by atoms with Crippen molar-refractivity contribution in [2.45, 2.75) is 19.8 Å². The zero-order valence-corrected chi connectivity index (χ0v) is 8.37. The van der Waals surface area contributed by atoms with Gasteiger partial charge in [-0.3, -0.25) is 0 Å². The third kappa shape index (κ3) is 0.985. The molecular formula is C11H11NS. The Labute approximate surface area is 81.4 Å². The largest absolute Gasteiger partial charge is 0.360 e. The Bertz CT molecular complexity index is 450. The van der Waals surface area contributed by atoms with Crippen LogP contribution in [-0.2, 0) is 12.8 Å². The van der Waals surface area contributed by atoms with Crippen molar-refractivity contribution in [2.75, 3.05) is 0 Å². The minimum absolute atomic E-state index is 1.20. The Morgan fingerprint density at radius 2 is 2.15 bits per heavy atom. The number of aromatic nitrogens is 1. The Kier molecular flexibility index (Phi) is 1.41. The van der Waals surface area contributed by atoms with Crippen molar-refractivity contribution in [2.24, 2.45) is 0 Å². The van der Waals surface area contributed by atoms with Gasteiger partial charge in [0.25, 0.3) is 0 Å². The number of hydrogen-bond donors (Lipinski definition) is 1. The van der Waals surface area contributed by atoms with E-state index in [1.165, 1.54) is 39.4 Å². The lowest BCUT2D eigenvalue weighted by atomic mass is 9.97. The summed E-state index contributed by atoms with van der Waals surface area (Å²) in [6.07, 6.45) is 4.46. The van der Waals surface area contributed by atoms with Crippen LogP contribution in [0.2, 0.25) is 0 Å². The van der Waals surface area contributed by atoms with E-state index in [0.29, 0.717) is 0 Å². The predicted molar refractivity (Wildman–Crippen MR) is 56.3 cm³/mol. The van der Waals surface area contributed by atoms with Gasteiger partial charge >= 0.3 is 0 Å². The summed E-state index contributed by atoms with van der Waals surface area (Å²) >= 11 is 1.91. The number of H-pyrrole nitrogens is 1. The molecule has 0 bridgehead atoms. The third-order valence-corrected chi connectivity index (χ3v) is 3.77. The Balaban J connectivity index is 2.29. The highest BCUT2D eigenvalue weighted by molar-refractivity contribution is 7.15. The van der Waals surface area contributed by atoms with Crippen LogP contribution in [0, 0.1) is 6.92 Å². The second kappa shape index (κ2) is 2.48. The molecule has 1 nitrogen and oxygen atoms in total. The fourth-order valence-corrected chi connectivity index (χ4v) is 3.16. The molecule has 2 heteroatoms. The topological polar surface area (TPSA) is 15.8 Å². The van der Waals surface area contributed by atoms with Crippen LogP contribution in [-0.4, -0.2) is 4.98 Å². The van der Waals surface area contributed by atoms with Crippen LogP contribution in [0.25, 0.3) is 10.6 Å². The Hall–Kier alpha value is -1.02. The van der Waals surface area contributed by atoms with Gasteiger partial charge in [-0.15, -0.1) is 11.3 Å². The molecule has 13 heavy (non-hydrogen) atoms. The van der Waals surface area contributed by atoms with E-state index in [4.69, 9.17) is 0 Å². The molecule has 0 fully saturated rings. The van der Waals surface area contributed by atoms with E-state index in [-0.39, 0.29) is 0 Å². The van der Waals surface area contributed by atoms with Crippen LogP contribution in [0.4, 0.5) is 0 Å². The Morgan fingerprint density at radius 3 is 3.08 bits per heavy atom. The lowest BCUT2D eigenvalue weighted by Crippen LogP contribution is -1.98. The van der Waals surface area contributed by atoms with Gasteiger partial charge in [-0.25, -0.2) is 0 Å².